The number of pyridine rings is 1. The third-order valence-electron chi connectivity index (χ3n) is 6.60. The molecular weight excluding hydrogens is 470 g/mol. The summed E-state index contributed by atoms with van der Waals surface area (Å²) in [5, 5.41) is 4.90. The summed E-state index contributed by atoms with van der Waals surface area (Å²) in [5.41, 5.74) is 0.986. The number of fused-ring (bicyclic) bond motifs is 1. The van der Waals surface area contributed by atoms with Gasteiger partial charge in [-0.3, -0.25) is 9.78 Å². The number of unbranched alkanes of at least 4 members (excludes halogenated alkanes) is 1. The predicted molar refractivity (Wildman–Crippen MR) is 145 cm³/mol. The van der Waals surface area contributed by atoms with Gasteiger partial charge in [0.25, 0.3) is 0 Å². The summed E-state index contributed by atoms with van der Waals surface area (Å²) in [6, 6.07) is 17.0. The maximum absolute atomic E-state index is 13.1. The molecule has 1 fully saturated rings. The summed E-state index contributed by atoms with van der Waals surface area (Å²) in [5.74, 6) is 0.430. The van der Waals surface area contributed by atoms with Crippen LogP contribution in [0.3, 0.4) is 0 Å². The number of aromatic nitrogens is 1. The summed E-state index contributed by atoms with van der Waals surface area (Å²) in [6.07, 6.45) is 15.2. The fourth-order valence-electron chi connectivity index (χ4n) is 4.53. The Labute approximate surface area is 213 Å². The van der Waals surface area contributed by atoms with E-state index >= 15 is 0 Å². The summed E-state index contributed by atoms with van der Waals surface area (Å²) in [4.78, 5) is 16.3. The number of hydrogen-bond donors (Lipinski definition) is 1. The SMILES string of the molecule is O=C(/C=C/C=C/c1cccnc1)NCCCCC1CCN(S(=O)(=O)c2ccc3ccccc3c2)CC1. The molecule has 2 heterocycles. The van der Waals surface area contributed by atoms with Crippen LogP contribution < -0.4 is 5.32 Å². The molecule has 3 aromatic rings. The number of piperidine rings is 1. The molecule has 6 nitrogen and oxygen atoms in total. The molecule has 1 aromatic heterocycles. The number of nitrogens with zero attached hydrogens (tertiary/aromatic N) is 2. The minimum atomic E-state index is -3.47. The lowest BCUT2D eigenvalue weighted by Crippen LogP contribution is -2.38. The van der Waals surface area contributed by atoms with Crippen molar-refractivity contribution in [1.29, 1.82) is 0 Å². The highest BCUT2D eigenvalue weighted by Gasteiger charge is 2.29. The van der Waals surface area contributed by atoms with Crippen molar-refractivity contribution in [1.82, 2.24) is 14.6 Å². The quantitative estimate of drug-likeness (QED) is 0.235. The second-order valence-electron chi connectivity index (χ2n) is 9.15. The maximum atomic E-state index is 13.1. The molecule has 4 rings (SSSR count). The molecule has 188 valence electrons. The normalized spacial score (nSPS) is 15.7. The first-order valence-electron chi connectivity index (χ1n) is 12.5. The average Bonchev–Trinajstić information content (AvgIpc) is 2.91. The second kappa shape index (κ2) is 12.6. The van der Waals surface area contributed by atoms with Gasteiger partial charge in [0.2, 0.25) is 15.9 Å². The zero-order valence-electron chi connectivity index (χ0n) is 20.4. The maximum Gasteiger partial charge on any atom is 0.243 e. The number of nitrogens with one attached hydrogen (secondary N) is 1. The van der Waals surface area contributed by atoms with Crippen LogP contribution in [0.2, 0.25) is 0 Å². The number of hydrogen-bond acceptors (Lipinski definition) is 4. The van der Waals surface area contributed by atoms with Crippen molar-refractivity contribution in [2.24, 2.45) is 5.92 Å². The fourth-order valence-corrected chi connectivity index (χ4v) is 6.03. The number of rotatable bonds is 10. The zero-order chi connectivity index (χ0) is 25.2. The molecule has 1 N–H and O–H groups in total. The number of amides is 1. The molecule has 0 unspecified atom stereocenters. The van der Waals surface area contributed by atoms with Gasteiger partial charge in [-0.1, -0.05) is 67.5 Å². The third-order valence-corrected chi connectivity index (χ3v) is 8.50. The van der Waals surface area contributed by atoms with Crippen LogP contribution in [0.25, 0.3) is 16.8 Å². The van der Waals surface area contributed by atoms with Gasteiger partial charge in [-0.05, 0) is 59.7 Å². The van der Waals surface area contributed by atoms with Gasteiger partial charge in [0.05, 0.1) is 4.90 Å². The predicted octanol–water partition coefficient (Wildman–Crippen LogP) is 5.19. The Morgan fingerprint density at radius 2 is 1.81 bits per heavy atom. The Hall–Kier alpha value is -3.29. The Morgan fingerprint density at radius 3 is 2.58 bits per heavy atom. The highest BCUT2D eigenvalue weighted by atomic mass is 32.2. The van der Waals surface area contributed by atoms with E-state index in [4.69, 9.17) is 0 Å². The standard InChI is InChI=1S/C29H33N3O3S/c33-29(13-4-1-9-25-10-7-18-30-23-25)31-19-6-5-8-24-16-20-32(21-17-24)36(34,35)28-15-14-26-11-2-3-12-27(26)22-28/h1-4,7,9-15,18,22-24H,5-6,8,16-17,19-21H2,(H,31,33)/b9-1+,13-4+. The van der Waals surface area contributed by atoms with Crippen LogP contribution in [0, 0.1) is 5.92 Å². The van der Waals surface area contributed by atoms with Crippen molar-refractivity contribution in [3.8, 4) is 0 Å². The number of carbonyl (C=O) groups is 1. The molecule has 1 aliphatic heterocycles. The molecule has 0 aliphatic carbocycles. The van der Waals surface area contributed by atoms with Crippen molar-refractivity contribution >= 4 is 32.8 Å². The van der Waals surface area contributed by atoms with E-state index < -0.39 is 10.0 Å². The lowest BCUT2D eigenvalue weighted by atomic mass is 9.92. The Bertz CT molecular complexity index is 1310. The van der Waals surface area contributed by atoms with E-state index in [0.29, 0.717) is 30.4 Å². The molecular formula is C29H33N3O3S. The Kier molecular flexibility index (Phi) is 9.03. The van der Waals surface area contributed by atoms with E-state index in [-0.39, 0.29) is 5.91 Å². The van der Waals surface area contributed by atoms with Gasteiger partial charge in [-0.25, -0.2) is 8.42 Å². The topological polar surface area (TPSA) is 79.4 Å². The van der Waals surface area contributed by atoms with Crippen molar-refractivity contribution in [2.45, 2.75) is 37.0 Å². The molecule has 1 saturated heterocycles. The molecule has 1 aliphatic rings. The fraction of sp³-hybridized carbons (Fsp3) is 0.310. The van der Waals surface area contributed by atoms with E-state index in [9.17, 15) is 13.2 Å². The van der Waals surface area contributed by atoms with Gasteiger partial charge >= 0.3 is 0 Å². The molecule has 0 bridgehead atoms. The van der Waals surface area contributed by atoms with E-state index in [0.717, 1.165) is 48.4 Å². The summed E-state index contributed by atoms with van der Waals surface area (Å²) in [7, 11) is -3.47. The van der Waals surface area contributed by atoms with Crippen molar-refractivity contribution < 1.29 is 13.2 Å². The van der Waals surface area contributed by atoms with Crippen LogP contribution in [0.4, 0.5) is 0 Å². The molecule has 0 spiro atoms. The van der Waals surface area contributed by atoms with Crippen LogP contribution in [-0.2, 0) is 14.8 Å². The summed E-state index contributed by atoms with van der Waals surface area (Å²) in [6.45, 7) is 1.77. The van der Waals surface area contributed by atoms with Crippen LogP contribution >= 0.6 is 0 Å². The van der Waals surface area contributed by atoms with Crippen molar-refractivity contribution in [2.75, 3.05) is 19.6 Å². The lowest BCUT2D eigenvalue weighted by molar-refractivity contribution is -0.116. The molecule has 0 atom stereocenters. The largest absolute Gasteiger partial charge is 0.353 e. The molecule has 0 saturated carbocycles. The van der Waals surface area contributed by atoms with Gasteiger partial charge in [0.1, 0.15) is 0 Å². The second-order valence-corrected chi connectivity index (χ2v) is 11.1. The summed E-state index contributed by atoms with van der Waals surface area (Å²) >= 11 is 0. The first kappa shape index (κ1) is 25.8. The molecule has 2 aromatic carbocycles. The van der Waals surface area contributed by atoms with E-state index in [1.54, 1.807) is 34.9 Å². The summed E-state index contributed by atoms with van der Waals surface area (Å²) < 4.78 is 27.9. The van der Waals surface area contributed by atoms with Gasteiger partial charge in [-0.2, -0.15) is 4.31 Å². The van der Waals surface area contributed by atoms with Crippen LogP contribution in [0.15, 0.2) is 90.1 Å². The lowest BCUT2D eigenvalue weighted by Gasteiger charge is -2.31. The van der Waals surface area contributed by atoms with Gasteiger partial charge in [-0.15, -0.1) is 0 Å². The molecule has 36 heavy (non-hydrogen) atoms. The Morgan fingerprint density at radius 1 is 1.00 bits per heavy atom. The van der Waals surface area contributed by atoms with Crippen molar-refractivity contribution in [3.05, 3.63) is 90.8 Å². The molecule has 1 amide bonds. The van der Waals surface area contributed by atoms with Crippen LogP contribution in [0.1, 0.15) is 37.7 Å². The van der Waals surface area contributed by atoms with Gasteiger partial charge < -0.3 is 5.32 Å². The average molecular weight is 504 g/mol. The number of carbonyl (C=O) groups excluding carboxylic acids is 1. The van der Waals surface area contributed by atoms with E-state index in [1.165, 1.54) is 6.08 Å². The molecule has 0 radical (unpaired) electrons. The first-order valence-corrected chi connectivity index (χ1v) is 14.0. The minimum Gasteiger partial charge on any atom is -0.353 e. The Balaban J connectivity index is 1.13. The number of benzene rings is 2. The highest BCUT2D eigenvalue weighted by molar-refractivity contribution is 7.89. The third kappa shape index (κ3) is 7.12. The smallest absolute Gasteiger partial charge is 0.243 e. The number of allylic oxidation sites excluding steroid dienone is 2. The minimum absolute atomic E-state index is 0.0990. The highest BCUT2D eigenvalue weighted by Crippen LogP contribution is 2.28. The van der Waals surface area contributed by atoms with Gasteiger partial charge in [0.15, 0.2) is 0 Å². The monoisotopic (exact) mass is 503 g/mol. The first-order chi connectivity index (χ1) is 17.5. The zero-order valence-corrected chi connectivity index (χ0v) is 21.2. The van der Waals surface area contributed by atoms with Crippen molar-refractivity contribution in [3.63, 3.8) is 0 Å². The number of sulfonamides is 1. The van der Waals surface area contributed by atoms with Gasteiger partial charge in [0, 0.05) is 38.1 Å². The van der Waals surface area contributed by atoms with E-state index in [1.807, 2.05) is 54.6 Å². The van der Waals surface area contributed by atoms with E-state index in [2.05, 4.69) is 10.3 Å². The van der Waals surface area contributed by atoms with Crippen LogP contribution in [-0.4, -0.2) is 43.2 Å². The van der Waals surface area contributed by atoms with Crippen LogP contribution in [0.5, 0.6) is 0 Å². The molecule has 7 heteroatoms.